The molecule has 0 fully saturated rings. The highest BCUT2D eigenvalue weighted by atomic mass is 16.5. The molecule has 0 radical (unpaired) electrons. The fraction of sp³-hybridized carbons (Fsp3) is 0.259. The van der Waals surface area contributed by atoms with Crippen LogP contribution in [0.15, 0.2) is 60.7 Å². The van der Waals surface area contributed by atoms with Crippen LogP contribution in [0.3, 0.4) is 0 Å². The van der Waals surface area contributed by atoms with Crippen LogP contribution in [0.1, 0.15) is 33.9 Å². The second kappa shape index (κ2) is 10.4. The number of anilines is 1. The molecule has 0 aromatic heterocycles. The van der Waals surface area contributed by atoms with Crippen molar-refractivity contribution in [3.63, 3.8) is 0 Å². The van der Waals surface area contributed by atoms with Crippen LogP contribution in [0.2, 0.25) is 0 Å². The third kappa shape index (κ3) is 4.87. The number of rotatable bonds is 9. The van der Waals surface area contributed by atoms with Gasteiger partial charge in [0.1, 0.15) is 11.5 Å². The molecule has 0 saturated carbocycles. The lowest BCUT2D eigenvalue weighted by Crippen LogP contribution is -2.32. The second-order valence-electron chi connectivity index (χ2n) is 8.04. The Morgan fingerprint density at radius 1 is 0.886 bits per heavy atom. The summed E-state index contributed by atoms with van der Waals surface area (Å²) in [4.78, 5) is 28.3. The Morgan fingerprint density at radius 3 is 2.29 bits per heavy atom. The second-order valence-corrected chi connectivity index (χ2v) is 8.04. The lowest BCUT2D eigenvalue weighted by molar-refractivity contribution is -0.117. The van der Waals surface area contributed by atoms with E-state index in [1.165, 1.54) is 7.11 Å². The average molecular weight is 477 g/mol. The summed E-state index contributed by atoms with van der Waals surface area (Å²) in [5.41, 5.74) is 2.82. The Kier molecular flexibility index (Phi) is 7.10. The van der Waals surface area contributed by atoms with Crippen molar-refractivity contribution in [1.29, 1.82) is 0 Å². The summed E-state index contributed by atoms with van der Waals surface area (Å²) in [6.45, 7) is 0.407. The van der Waals surface area contributed by atoms with Crippen molar-refractivity contribution in [3.8, 4) is 23.0 Å². The number of fused-ring (bicyclic) bond motifs is 1. The summed E-state index contributed by atoms with van der Waals surface area (Å²) in [5.74, 6) is 1.78. The number of nitrogens with one attached hydrogen (secondary N) is 1. The van der Waals surface area contributed by atoms with Crippen LogP contribution in [0.5, 0.6) is 23.0 Å². The first kappa shape index (κ1) is 23.9. The minimum atomic E-state index is -0.536. The maximum absolute atomic E-state index is 13.3. The number of carbonyl (C=O) groups excluding carboxylic acids is 2. The molecule has 0 aliphatic carbocycles. The molecule has 1 heterocycles. The highest BCUT2D eigenvalue weighted by Gasteiger charge is 2.35. The number of hydrogen-bond acceptors (Lipinski definition) is 6. The predicted octanol–water partition coefficient (Wildman–Crippen LogP) is 4.45. The summed E-state index contributed by atoms with van der Waals surface area (Å²) in [6.07, 6.45) is 0.0234. The summed E-state index contributed by atoms with van der Waals surface area (Å²) >= 11 is 0. The molecule has 2 amide bonds. The number of carbonyl (C=O) groups is 2. The molecule has 0 unspecified atom stereocenters. The molecule has 1 aliphatic heterocycles. The van der Waals surface area contributed by atoms with E-state index >= 15 is 0 Å². The predicted molar refractivity (Wildman–Crippen MR) is 131 cm³/mol. The summed E-state index contributed by atoms with van der Waals surface area (Å²) in [5, 5.41) is 2.91. The smallest absolute Gasteiger partial charge is 0.255 e. The molecule has 4 rings (SSSR count). The van der Waals surface area contributed by atoms with Crippen LogP contribution in [-0.4, -0.2) is 45.2 Å². The van der Waals surface area contributed by atoms with E-state index in [1.807, 2.05) is 30.3 Å². The van der Waals surface area contributed by atoms with Gasteiger partial charge in [-0.2, -0.15) is 0 Å². The highest BCUT2D eigenvalue weighted by molar-refractivity contribution is 5.99. The number of nitrogens with zero attached hydrogens (tertiary/aromatic N) is 1. The molecule has 0 saturated heterocycles. The van der Waals surface area contributed by atoms with E-state index in [2.05, 4.69) is 5.32 Å². The van der Waals surface area contributed by atoms with Crippen LogP contribution in [0, 0.1) is 0 Å². The molecule has 1 aliphatic rings. The van der Waals surface area contributed by atoms with Gasteiger partial charge < -0.3 is 29.2 Å². The molecule has 0 spiro atoms. The topological polar surface area (TPSA) is 86.3 Å². The van der Waals surface area contributed by atoms with E-state index in [0.29, 0.717) is 40.8 Å². The van der Waals surface area contributed by atoms with Gasteiger partial charge >= 0.3 is 0 Å². The summed E-state index contributed by atoms with van der Waals surface area (Å²) in [6, 6.07) is 17.5. The fourth-order valence-corrected chi connectivity index (χ4v) is 4.29. The van der Waals surface area contributed by atoms with Crippen molar-refractivity contribution in [1.82, 2.24) is 4.90 Å². The SMILES string of the molecule is COc1ccc(OC)c(NC(=O)C[C@H](c2ccc(OC)c(OC)c2)N2Cc3ccccc3C2=O)c1. The van der Waals surface area contributed by atoms with E-state index in [-0.39, 0.29) is 18.2 Å². The van der Waals surface area contributed by atoms with E-state index in [0.717, 1.165) is 11.1 Å². The number of hydrogen-bond donors (Lipinski definition) is 1. The average Bonchev–Trinajstić information content (AvgIpc) is 3.22. The fourth-order valence-electron chi connectivity index (χ4n) is 4.29. The van der Waals surface area contributed by atoms with Gasteiger partial charge in [-0.25, -0.2) is 0 Å². The summed E-state index contributed by atoms with van der Waals surface area (Å²) < 4.78 is 21.5. The van der Waals surface area contributed by atoms with Gasteiger partial charge in [-0.3, -0.25) is 9.59 Å². The number of ether oxygens (including phenoxy) is 4. The Hall–Kier alpha value is -4.20. The van der Waals surface area contributed by atoms with Crippen LogP contribution in [0.4, 0.5) is 5.69 Å². The minimum Gasteiger partial charge on any atom is -0.497 e. The lowest BCUT2D eigenvalue weighted by Gasteiger charge is -2.28. The summed E-state index contributed by atoms with van der Waals surface area (Å²) in [7, 11) is 6.20. The van der Waals surface area contributed by atoms with Crippen molar-refractivity contribution in [2.24, 2.45) is 0 Å². The molecule has 3 aromatic rings. The number of amides is 2. The molecule has 1 N–H and O–H groups in total. The monoisotopic (exact) mass is 476 g/mol. The van der Waals surface area contributed by atoms with Crippen LogP contribution >= 0.6 is 0 Å². The normalized spacial score (nSPS) is 13.1. The van der Waals surface area contributed by atoms with E-state index in [4.69, 9.17) is 18.9 Å². The van der Waals surface area contributed by atoms with Gasteiger partial charge in [0.2, 0.25) is 5.91 Å². The standard InChI is InChI=1S/C27H28N2O6/c1-32-19-10-12-23(33-2)21(14-19)28-26(30)15-22(17-9-11-24(34-3)25(13-17)35-4)29-16-18-7-5-6-8-20(18)27(29)31/h5-14,22H,15-16H2,1-4H3,(H,28,30)/t22-/m1/s1. The Morgan fingerprint density at radius 2 is 1.60 bits per heavy atom. The molecule has 0 bridgehead atoms. The van der Waals surface area contributed by atoms with Crippen molar-refractivity contribution >= 4 is 17.5 Å². The van der Waals surface area contributed by atoms with Crippen molar-refractivity contribution in [2.75, 3.05) is 33.8 Å². The maximum atomic E-state index is 13.3. The largest absolute Gasteiger partial charge is 0.497 e. The third-order valence-corrected chi connectivity index (χ3v) is 6.08. The van der Waals surface area contributed by atoms with E-state index in [1.54, 1.807) is 56.6 Å². The van der Waals surface area contributed by atoms with Crippen LogP contribution in [-0.2, 0) is 11.3 Å². The Labute approximate surface area is 204 Å². The quantitative estimate of drug-likeness (QED) is 0.491. The molecule has 8 heteroatoms. The van der Waals surface area contributed by atoms with Crippen molar-refractivity contribution < 1.29 is 28.5 Å². The van der Waals surface area contributed by atoms with Gasteiger partial charge in [0.25, 0.3) is 5.91 Å². The Bertz CT molecular complexity index is 1240. The van der Waals surface area contributed by atoms with Gasteiger partial charge in [-0.05, 0) is 41.5 Å². The van der Waals surface area contributed by atoms with Gasteiger partial charge in [0.15, 0.2) is 11.5 Å². The zero-order chi connectivity index (χ0) is 24.9. The lowest BCUT2D eigenvalue weighted by atomic mass is 10.0. The van der Waals surface area contributed by atoms with Crippen LogP contribution < -0.4 is 24.3 Å². The molecule has 8 nitrogen and oxygen atoms in total. The maximum Gasteiger partial charge on any atom is 0.255 e. The molecule has 182 valence electrons. The third-order valence-electron chi connectivity index (χ3n) is 6.08. The molecular weight excluding hydrogens is 448 g/mol. The van der Waals surface area contributed by atoms with Crippen molar-refractivity contribution in [3.05, 3.63) is 77.4 Å². The van der Waals surface area contributed by atoms with E-state index < -0.39 is 6.04 Å². The highest BCUT2D eigenvalue weighted by Crippen LogP contribution is 2.38. The zero-order valence-electron chi connectivity index (χ0n) is 20.2. The van der Waals surface area contributed by atoms with Gasteiger partial charge in [0, 0.05) is 18.2 Å². The van der Waals surface area contributed by atoms with Crippen molar-refractivity contribution in [2.45, 2.75) is 19.0 Å². The van der Waals surface area contributed by atoms with Gasteiger partial charge in [-0.1, -0.05) is 24.3 Å². The molecule has 3 aromatic carbocycles. The van der Waals surface area contributed by atoms with Gasteiger partial charge in [0.05, 0.1) is 46.6 Å². The first-order valence-corrected chi connectivity index (χ1v) is 11.1. The Balaban J connectivity index is 1.67. The van der Waals surface area contributed by atoms with E-state index in [9.17, 15) is 9.59 Å². The minimum absolute atomic E-state index is 0.0234. The van der Waals surface area contributed by atoms with Crippen LogP contribution in [0.25, 0.3) is 0 Å². The molecule has 35 heavy (non-hydrogen) atoms. The van der Waals surface area contributed by atoms with Gasteiger partial charge in [-0.15, -0.1) is 0 Å². The number of benzene rings is 3. The zero-order valence-corrected chi connectivity index (χ0v) is 20.2. The molecular formula is C27H28N2O6. The first-order chi connectivity index (χ1) is 17.0. The molecule has 1 atom stereocenters. The number of methoxy groups -OCH3 is 4. The first-order valence-electron chi connectivity index (χ1n) is 11.1.